The van der Waals surface area contributed by atoms with Gasteiger partial charge in [-0.1, -0.05) is 48.5 Å². The molecule has 3 atom stereocenters. The highest BCUT2D eigenvalue weighted by atomic mass is 32.1. The van der Waals surface area contributed by atoms with Gasteiger partial charge in [-0.05, 0) is 29.2 Å². The van der Waals surface area contributed by atoms with E-state index in [4.69, 9.17) is 4.74 Å². The summed E-state index contributed by atoms with van der Waals surface area (Å²) in [5.41, 5.74) is 5.89. The van der Waals surface area contributed by atoms with Crippen molar-refractivity contribution in [3.05, 3.63) is 76.2 Å². The van der Waals surface area contributed by atoms with Gasteiger partial charge >= 0.3 is 12.1 Å². The fourth-order valence-electron chi connectivity index (χ4n) is 4.18. The fourth-order valence-corrected chi connectivity index (χ4v) is 4.82. The number of alkyl carbamates (subject to hydrolysis) is 1. The van der Waals surface area contributed by atoms with Gasteiger partial charge in [-0.15, -0.1) is 11.3 Å². The molecule has 0 saturated carbocycles. The summed E-state index contributed by atoms with van der Waals surface area (Å²) in [7, 11) is 0. The van der Waals surface area contributed by atoms with Crippen LogP contribution in [0.2, 0.25) is 0 Å². The second kappa shape index (κ2) is 10.7. The number of aliphatic hydroxyl groups excluding tert-OH is 1. The van der Waals surface area contributed by atoms with Crippen molar-refractivity contribution in [1.82, 2.24) is 15.6 Å². The number of thiazole rings is 1. The van der Waals surface area contributed by atoms with Crippen molar-refractivity contribution in [2.45, 2.75) is 37.5 Å². The molecule has 0 fully saturated rings. The highest BCUT2D eigenvalue weighted by Crippen LogP contribution is 2.44. The molecule has 1 heterocycles. The van der Waals surface area contributed by atoms with Gasteiger partial charge in [0.25, 0.3) is 0 Å². The van der Waals surface area contributed by atoms with Crippen LogP contribution in [-0.4, -0.2) is 58.0 Å². The minimum absolute atomic E-state index is 0.0696. The molecule has 0 aliphatic heterocycles. The molecule has 182 valence electrons. The van der Waals surface area contributed by atoms with E-state index in [1.165, 1.54) is 18.3 Å². The summed E-state index contributed by atoms with van der Waals surface area (Å²) in [5, 5.41) is 23.8. The van der Waals surface area contributed by atoms with Gasteiger partial charge in [0.05, 0.1) is 11.6 Å². The topological polar surface area (TPSA) is 138 Å². The van der Waals surface area contributed by atoms with Crippen LogP contribution in [0, 0.1) is 0 Å². The second-order valence-corrected chi connectivity index (χ2v) is 9.23. The van der Waals surface area contributed by atoms with E-state index in [0.29, 0.717) is 4.88 Å². The van der Waals surface area contributed by atoms with Crippen LogP contribution < -0.4 is 10.6 Å². The Hall–Kier alpha value is -3.76. The number of hydrogen-bond donors (Lipinski definition) is 4. The molecule has 3 aromatic rings. The number of rotatable bonds is 9. The second-order valence-electron chi connectivity index (χ2n) is 8.26. The first-order valence-electron chi connectivity index (χ1n) is 11.0. The molecule has 0 spiro atoms. The molecule has 1 aromatic heterocycles. The first kappa shape index (κ1) is 24.4. The van der Waals surface area contributed by atoms with Crippen molar-refractivity contribution < 1.29 is 29.3 Å². The lowest BCUT2D eigenvalue weighted by Crippen LogP contribution is -2.55. The van der Waals surface area contributed by atoms with Crippen LogP contribution in [0.4, 0.5) is 4.79 Å². The van der Waals surface area contributed by atoms with Crippen LogP contribution in [0.3, 0.4) is 0 Å². The van der Waals surface area contributed by atoms with Gasteiger partial charge in [-0.3, -0.25) is 9.78 Å². The number of aliphatic hydroxyl groups is 1. The van der Waals surface area contributed by atoms with Crippen LogP contribution in [0.5, 0.6) is 0 Å². The van der Waals surface area contributed by atoms with Crippen molar-refractivity contribution in [3.8, 4) is 11.1 Å². The maximum Gasteiger partial charge on any atom is 0.407 e. The van der Waals surface area contributed by atoms with Gasteiger partial charge in [0.15, 0.2) is 6.04 Å². The SMILES string of the molecule is CC(O)C(NC(=O)C(Cc1cncs1)NC(=O)OCC1c2ccccc2-c2ccccc21)C(=O)O. The molecule has 0 saturated heterocycles. The number of carboxylic acids is 1. The smallest absolute Gasteiger partial charge is 0.407 e. The quantitative estimate of drug-likeness (QED) is 0.358. The van der Waals surface area contributed by atoms with E-state index >= 15 is 0 Å². The zero-order chi connectivity index (χ0) is 24.9. The standard InChI is InChI=1S/C25H25N3O6S/c1-14(29)22(24(31)32)28-23(30)21(10-15-11-26-13-35-15)27-25(33)34-12-20-18-8-4-2-6-16(18)17-7-3-5-9-19(17)20/h2-9,11,13-14,20-22,29H,10,12H2,1H3,(H,27,33)(H,28,30)(H,31,32). The predicted octanol–water partition coefficient (Wildman–Crippen LogP) is 2.54. The van der Waals surface area contributed by atoms with E-state index in [2.05, 4.69) is 15.6 Å². The number of aliphatic carboxylic acids is 1. The number of aromatic nitrogens is 1. The van der Waals surface area contributed by atoms with Crippen molar-refractivity contribution in [2.75, 3.05) is 6.61 Å². The Balaban J connectivity index is 1.45. The lowest BCUT2D eigenvalue weighted by atomic mass is 9.98. The van der Waals surface area contributed by atoms with E-state index in [0.717, 1.165) is 22.3 Å². The number of benzene rings is 2. The molecular formula is C25H25N3O6S. The molecule has 4 N–H and O–H groups in total. The summed E-state index contributed by atoms with van der Waals surface area (Å²) < 4.78 is 5.53. The van der Waals surface area contributed by atoms with Crippen molar-refractivity contribution in [2.24, 2.45) is 0 Å². The normalized spacial score (nSPS) is 14.8. The Morgan fingerprint density at radius 3 is 2.23 bits per heavy atom. The number of carboxylic acid groups (broad SMARTS) is 1. The lowest BCUT2D eigenvalue weighted by Gasteiger charge is -2.22. The Morgan fingerprint density at radius 2 is 1.69 bits per heavy atom. The highest BCUT2D eigenvalue weighted by Gasteiger charge is 2.32. The Kier molecular flexibility index (Phi) is 7.42. The number of hydrogen-bond acceptors (Lipinski definition) is 7. The Labute approximate surface area is 205 Å². The van der Waals surface area contributed by atoms with Gasteiger partial charge < -0.3 is 25.6 Å². The van der Waals surface area contributed by atoms with E-state index in [9.17, 15) is 24.6 Å². The van der Waals surface area contributed by atoms with Crippen LogP contribution in [0.1, 0.15) is 28.8 Å². The Bertz CT molecular complexity index is 1170. The highest BCUT2D eigenvalue weighted by molar-refractivity contribution is 7.09. The van der Waals surface area contributed by atoms with Crippen molar-refractivity contribution >= 4 is 29.3 Å². The number of fused-ring (bicyclic) bond motifs is 3. The van der Waals surface area contributed by atoms with E-state index in [1.807, 2.05) is 48.5 Å². The summed E-state index contributed by atoms with van der Waals surface area (Å²) in [4.78, 5) is 41.7. The third-order valence-electron chi connectivity index (χ3n) is 5.89. The van der Waals surface area contributed by atoms with Gasteiger partial charge in [0, 0.05) is 23.4 Å². The summed E-state index contributed by atoms with van der Waals surface area (Å²) in [5.74, 6) is -2.28. The average molecular weight is 496 g/mol. The van der Waals surface area contributed by atoms with E-state index in [-0.39, 0.29) is 18.9 Å². The van der Waals surface area contributed by atoms with Crippen LogP contribution >= 0.6 is 11.3 Å². The molecule has 10 heteroatoms. The minimum atomic E-state index is -1.52. The molecule has 4 rings (SSSR count). The number of nitrogens with one attached hydrogen (secondary N) is 2. The third kappa shape index (κ3) is 5.50. The van der Waals surface area contributed by atoms with Crippen molar-refractivity contribution in [3.63, 3.8) is 0 Å². The maximum atomic E-state index is 12.8. The molecule has 2 amide bonds. The van der Waals surface area contributed by atoms with Gasteiger partial charge in [0.1, 0.15) is 12.6 Å². The van der Waals surface area contributed by atoms with Crippen LogP contribution in [0.15, 0.2) is 60.2 Å². The zero-order valence-electron chi connectivity index (χ0n) is 18.9. The van der Waals surface area contributed by atoms with Crippen LogP contribution in [-0.2, 0) is 20.7 Å². The summed E-state index contributed by atoms with van der Waals surface area (Å²) >= 11 is 1.30. The summed E-state index contributed by atoms with van der Waals surface area (Å²) in [6.07, 6.45) is -0.476. The molecule has 35 heavy (non-hydrogen) atoms. The number of nitrogens with zero attached hydrogens (tertiary/aromatic N) is 1. The fraction of sp³-hybridized carbons (Fsp3) is 0.280. The van der Waals surface area contributed by atoms with E-state index in [1.54, 1.807) is 11.7 Å². The first-order chi connectivity index (χ1) is 16.8. The molecule has 1 aliphatic carbocycles. The number of carbonyl (C=O) groups excluding carboxylic acids is 2. The minimum Gasteiger partial charge on any atom is -0.480 e. The molecular weight excluding hydrogens is 470 g/mol. The molecule has 2 aromatic carbocycles. The van der Waals surface area contributed by atoms with Gasteiger partial charge in [-0.25, -0.2) is 9.59 Å². The van der Waals surface area contributed by atoms with Gasteiger partial charge in [0.2, 0.25) is 5.91 Å². The molecule has 1 aliphatic rings. The molecule has 9 nitrogen and oxygen atoms in total. The average Bonchev–Trinajstić information content (AvgIpc) is 3.46. The summed E-state index contributed by atoms with van der Waals surface area (Å²) in [6.45, 7) is 1.33. The van der Waals surface area contributed by atoms with E-state index < -0.39 is 36.2 Å². The third-order valence-corrected chi connectivity index (χ3v) is 6.69. The monoisotopic (exact) mass is 495 g/mol. The molecule has 3 unspecified atom stereocenters. The van der Waals surface area contributed by atoms with Gasteiger partial charge in [-0.2, -0.15) is 0 Å². The van der Waals surface area contributed by atoms with Crippen LogP contribution in [0.25, 0.3) is 11.1 Å². The number of amides is 2. The zero-order valence-corrected chi connectivity index (χ0v) is 19.7. The maximum absolute atomic E-state index is 12.8. The Morgan fingerprint density at radius 1 is 1.06 bits per heavy atom. The lowest BCUT2D eigenvalue weighted by molar-refractivity contribution is -0.145. The predicted molar refractivity (Wildman–Crippen MR) is 129 cm³/mol. The molecule has 0 bridgehead atoms. The van der Waals surface area contributed by atoms with Crippen molar-refractivity contribution in [1.29, 1.82) is 0 Å². The number of carbonyl (C=O) groups is 3. The summed E-state index contributed by atoms with van der Waals surface area (Å²) in [6, 6.07) is 13.2. The number of ether oxygens (including phenoxy) is 1. The first-order valence-corrected chi connectivity index (χ1v) is 11.9. The molecule has 0 radical (unpaired) electrons. The largest absolute Gasteiger partial charge is 0.480 e.